The van der Waals surface area contributed by atoms with Gasteiger partial charge in [0.05, 0.1) is 6.26 Å². The molecule has 0 aliphatic rings. The Morgan fingerprint density at radius 2 is 2.40 bits per heavy atom. The van der Waals surface area contributed by atoms with Crippen molar-refractivity contribution >= 4 is 22.4 Å². The van der Waals surface area contributed by atoms with Crippen molar-refractivity contribution in [1.82, 2.24) is 4.98 Å². The molecule has 2 aromatic rings. The van der Waals surface area contributed by atoms with Gasteiger partial charge in [-0.15, -0.1) is 0 Å². The predicted octanol–water partition coefficient (Wildman–Crippen LogP) is 1.99. The first-order chi connectivity index (χ1) is 7.09. The summed E-state index contributed by atoms with van der Waals surface area (Å²) < 4.78 is 5.21. The standard InChI is InChI=1S/C9H8N2O3S/c1-4-2-3-14-6(4)7-5(8(12)13)11-9(10)15-7/h2-3H,1H3,(H2,10,11)(H,12,13). The van der Waals surface area contributed by atoms with Crippen LogP contribution < -0.4 is 5.73 Å². The van der Waals surface area contributed by atoms with Crippen LogP contribution >= 0.6 is 11.3 Å². The highest BCUT2D eigenvalue weighted by atomic mass is 32.1. The minimum Gasteiger partial charge on any atom is -0.476 e. The Balaban J connectivity index is 2.62. The van der Waals surface area contributed by atoms with Gasteiger partial charge in [-0.25, -0.2) is 9.78 Å². The van der Waals surface area contributed by atoms with Crippen molar-refractivity contribution in [2.24, 2.45) is 0 Å². The Kier molecular flexibility index (Phi) is 2.20. The van der Waals surface area contributed by atoms with E-state index in [1.165, 1.54) is 6.26 Å². The quantitative estimate of drug-likeness (QED) is 0.814. The van der Waals surface area contributed by atoms with E-state index in [0.29, 0.717) is 10.6 Å². The van der Waals surface area contributed by atoms with Gasteiger partial charge in [0.15, 0.2) is 10.8 Å². The van der Waals surface area contributed by atoms with Crippen LogP contribution in [0.4, 0.5) is 5.13 Å². The molecule has 0 bridgehead atoms. The van der Waals surface area contributed by atoms with Crippen LogP contribution in [0.5, 0.6) is 0 Å². The van der Waals surface area contributed by atoms with E-state index in [4.69, 9.17) is 15.3 Å². The highest BCUT2D eigenvalue weighted by Gasteiger charge is 2.21. The lowest BCUT2D eigenvalue weighted by molar-refractivity contribution is 0.0692. The normalized spacial score (nSPS) is 10.5. The number of aromatic nitrogens is 1. The first-order valence-electron chi connectivity index (χ1n) is 4.13. The third-order valence-corrected chi connectivity index (χ3v) is 2.80. The second-order valence-corrected chi connectivity index (χ2v) is 4.00. The van der Waals surface area contributed by atoms with Gasteiger partial charge in [-0.1, -0.05) is 11.3 Å². The lowest BCUT2D eigenvalue weighted by Gasteiger charge is -1.94. The van der Waals surface area contributed by atoms with Crippen molar-refractivity contribution in [3.63, 3.8) is 0 Å². The molecule has 0 saturated carbocycles. The number of aryl methyl sites for hydroxylation is 1. The molecule has 2 rings (SSSR count). The van der Waals surface area contributed by atoms with Crippen molar-refractivity contribution in [1.29, 1.82) is 0 Å². The first kappa shape index (κ1) is 9.72. The van der Waals surface area contributed by atoms with Gasteiger partial charge in [0.2, 0.25) is 0 Å². The molecule has 15 heavy (non-hydrogen) atoms. The minimum absolute atomic E-state index is 0.0597. The van der Waals surface area contributed by atoms with Crippen molar-refractivity contribution in [3.8, 4) is 10.6 Å². The van der Waals surface area contributed by atoms with Gasteiger partial charge >= 0.3 is 5.97 Å². The number of carbonyl (C=O) groups is 1. The van der Waals surface area contributed by atoms with Crippen LogP contribution in [0.1, 0.15) is 16.1 Å². The van der Waals surface area contributed by atoms with Crippen LogP contribution in [0.15, 0.2) is 16.7 Å². The molecule has 6 heteroatoms. The summed E-state index contributed by atoms with van der Waals surface area (Å²) in [4.78, 5) is 15.1. The van der Waals surface area contributed by atoms with E-state index in [1.54, 1.807) is 6.07 Å². The molecule has 0 aliphatic heterocycles. The number of carboxylic acid groups (broad SMARTS) is 1. The Morgan fingerprint density at radius 3 is 2.93 bits per heavy atom. The molecule has 0 radical (unpaired) electrons. The zero-order chi connectivity index (χ0) is 11.0. The molecule has 0 aromatic carbocycles. The largest absolute Gasteiger partial charge is 0.476 e. The van der Waals surface area contributed by atoms with E-state index in [2.05, 4.69) is 4.98 Å². The number of nitrogens with zero attached hydrogens (tertiary/aromatic N) is 1. The van der Waals surface area contributed by atoms with Crippen LogP contribution in [0.25, 0.3) is 10.6 Å². The average molecular weight is 224 g/mol. The maximum absolute atomic E-state index is 10.9. The van der Waals surface area contributed by atoms with Crippen LogP contribution in [-0.2, 0) is 0 Å². The molecular formula is C9H8N2O3S. The van der Waals surface area contributed by atoms with Crippen molar-refractivity contribution in [2.45, 2.75) is 6.92 Å². The lowest BCUT2D eigenvalue weighted by Crippen LogP contribution is -1.99. The van der Waals surface area contributed by atoms with E-state index in [9.17, 15) is 4.79 Å². The Morgan fingerprint density at radius 1 is 1.67 bits per heavy atom. The minimum atomic E-state index is -1.10. The van der Waals surface area contributed by atoms with Gasteiger partial charge in [0.25, 0.3) is 0 Å². The second-order valence-electron chi connectivity index (χ2n) is 2.97. The number of hydrogen-bond donors (Lipinski definition) is 2. The van der Waals surface area contributed by atoms with Crippen LogP contribution in [-0.4, -0.2) is 16.1 Å². The van der Waals surface area contributed by atoms with Crippen LogP contribution in [0.2, 0.25) is 0 Å². The van der Waals surface area contributed by atoms with Crippen molar-refractivity contribution in [2.75, 3.05) is 5.73 Å². The zero-order valence-electron chi connectivity index (χ0n) is 7.85. The van der Waals surface area contributed by atoms with Gasteiger partial charge in [0, 0.05) is 0 Å². The summed E-state index contributed by atoms with van der Waals surface area (Å²) in [5.41, 5.74) is 6.28. The number of thiazole rings is 1. The van der Waals surface area contributed by atoms with Crippen molar-refractivity contribution in [3.05, 3.63) is 23.6 Å². The topological polar surface area (TPSA) is 89.4 Å². The van der Waals surface area contributed by atoms with Gasteiger partial charge in [-0.2, -0.15) is 0 Å². The molecule has 0 spiro atoms. The summed E-state index contributed by atoms with van der Waals surface area (Å²) in [7, 11) is 0. The fourth-order valence-electron chi connectivity index (χ4n) is 1.24. The summed E-state index contributed by atoms with van der Waals surface area (Å²) in [5, 5.41) is 9.14. The highest BCUT2D eigenvalue weighted by molar-refractivity contribution is 7.19. The van der Waals surface area contributed by atoms with E-state index in [1.807, 2.05) is 6.92 Å². The summed E-state index contributed by atoms with van der Waals surface area (Å²) >= 11 is 1.11. The van der Waals surface area contributed by atoms with Crippen LogP contribution in [0, 0.1) is 6.92 Å². The van der Waals surface area contributed by atoms with Gasteiger partial charge in [-0.05, 0) is 18.6 Å². The van der Waals surface area contributed by atoms with Crippen LogP contribution in [0.3, 0.4) is 0 Å². The smallest absolute Gasteiger partial charge is 0.356 e. The number of aromatic carboxylic acids is 1. The Labute approximate surface area is 89.2 Å². The summed E-state index contributed by atoms with van der Waals surface area (Å²) in [6, 6.07) is 1.76. The molecule has 0 amide bonds. The number of carboxylic acids is 1. The monoisotopic (exact) mass is 224 g/mol. The predicted molar refractivity (Wildman–Crippen MR) is 55.9 cm³/mol. The molecule has 0 unspecified atom stereocenters. The fraction of sp³-hybridized carbons (Fsp3) is 0.111. The summed E-state index contributed by atoms with van der Waals surface area (Å²) in [5.74, 6) is -0.588. The SMILES string of the molecule is Cc1ccoc1-c1sc(N)nc1C(=O)O. The number of nitrogen functional groups attached to an aromatic ring is 1. The maximum atomic E-state index is 10.9. The molecular weight excluding hydrogens is 216 g/mol. The van der Waals surface area contributed by atoms with Gasteiger partial charge in [-0.3, -0.25) is 0 Å². The second kappa shape index (κ2) is 3.39. The average Bonchev–Trinajstić information content (AvgIpc) is 2.71. The van der Waals surface area contributed by atoms with E-state index in [0.717, 1.165) is 16.9 Å². The number of nitrogens with two attached hydrogens (primary N) is 1. The number of anilines is 1. The molecule has 2 aromatic heterocycles. The molecule has 5 nitrogen and oxygen atoms in total. The molecule has 0 saturated heterocycles. The molecule has 78 valence electrons. The lowest BCUT2D eigenvalue weighted by atomic mass is 10.2. The third-order valence-electron chi connectivity index (χ3n) is 1.91. The molecule has 0 atom stereocenters. The van der Waals surface area contributed by atoms with E-state index >= 15 is 0 Å². The Bertz CT molecular complexity index is 515. The molecule has 0 fully saturated rings. The molecule has 3 N–H and O–H groups in total. The Hall–Kier alpha value is -1.82. The van der Waals surface area contributed by atoms with Gasteiger partial charge < -0.3 is 15.3 Å². The van der Waals surface area contributed by atoms with Crippen molar-refractivity contribution < 1.29 is 14.3 Å². The zero-order valence-corrected chi connectivity index (χ0v) is 8.67. The van der Waals surface area contributed by atoms with E-state index in [-0.39, 0.29) is 10.8 Å². The maximum Gasteiger partial charge on any atom is 0.356 e. The number of rotatable bonds is 2. The summed E-state index contributed by atoms with van der Waals surface area (Å²) in [6.07, 6.45) is 1.51. The third kappa shape index (κ3) is 1.59. The fourth-order valence-corrected chi connectivity index (χ4v) is 2.12. The summed E-state index contributed by atoms with van der Waals surface area (Å²) in [6.45, 7) is 1.83. The number of hydrogen-bond acceptors (Lipinski definition) is 5. The van der Waals surface area contributed by atoms with Gasteiger partial charge in [0.1, 0.15) is 10.6 Å². The molecule has 0 aliphatic carbocycles. The van der Waals surface area contributed by atoms with E-state index < -0.39 is 5.97 Å². The molecule has 2 heterocycles. The highest BCUT2D eigenvalue weighted by Crippen LogP contribution is 2.34. The number of furan rings is 1. The first-order valence-corrected chi connectivity index (χ1v) is 4.95.